The molecule has 6 nitrogen and oxygen atoms in total. The Balaban J connectivity index is 2.11. The zero-order chi connectivity index (χ0) is 19.9. The number of aliphatic hydroxyl groups is 1. The minimum Gasteiger partial charge on any atom is -0.496 e. The number of aryl methyl sites for hydroxylation is 1. The van der Waals surface area contributed by atoms with Crippen molar-refractivity contribution in [2.24, 2.45) is 4.99 Å². The van der Waals surface area contributed by atoms with Gasteiger partial charge in [0.1, 0.15) is 11.4 Å². The lowest BCUT2D eigenvalue weighted by Gasteiger charge is -2.25. The van der Waals surface area contributed by atoms with Crippen LogP contribution in [0.15, 0.2) is 41.5 Å². The number of benzene rings is 1. The second-order valence-electron chi connectivity index (χ2n) is 6.73. The van der Waals surface area contributed by atoms with Crippen molar-refractivity contribution in [2.75, 3.05) is 20.2 Å². The summed E-state index contributed by atoms with van der Waals surface area (Å²) < 4.78 is 5.46. The molecule has 2 aromatic rings. The maximum absolute atomic E-state index is 10.8. The third-order valence-corrected chi connectivity index (χ3v) is 4.48. The summed E-state index contributed by atoms with van der Waals surface area (Å²) >= 11 is 0. The van der Waals surface area contributed by atoms with Gasteiger partial charge in [-0.1, -0.05) is 30.3 Å². The van der Waals surface area contributed by atoms with E-state index < -0.39 is 5.60 Å². The summed E-state index contributed by atoms with van der Waals surface area (Å²) in [6.07, 6.45) is 1.80. The number of aliphatic imine (C=N–C) groups is 1. The van der Waals surface area contributed by atoms with Crippen LogP contribution in [0.2, 0.25) is 0 Å². The van der Waals surface area contributed by atoms with Crippen LogP contribution in [0.5, 0.6) is 5.75 Å². The molecule has 0 saturated heterocycles. The fraction of sp³-hybridized carbons (Fsp3) is 0.429. The standard InChI is InChI=1S/C21H30N4O2/c1-6-22-20(25-14-21(4,26)17-10-8-7-9-11-17)24-13-18-16(3)19(27-5)15(2)12-23-18/h7-12,26H,6,13-14H2,1-5H3,(H2,22,24,25). The molecule has 0 bridgehead atoms. The van der Waals surface area contributed by atoms with E-state index in [1.54, 1.807) is 20.2 Å². The molecule has 27 heavy (non-hydrogen) atoms. The summed E-state index contributed by atoms with van der Waals surface area (Å²) in [5, 5.41) is 17.2. The molecule has 0 aliphatic rings. The van der Waals surface area contributed by atoms with Crippen molar-refractivity contribution in [1.29, 1.82) is 0 Å². The van der Waals surface area contributed by atoms with E-state index in [0.717, 1.165) is 34.7 Å². The van der Waals surface area contributed by atoms with Crippen molar-refractivity contribution in [3.05, 3.63) is 58.9 Å². The lowest BCUT2D eigenvalue weighted by Crippen LogP contribution is -2.44. The summed E-state index contributed by atoms with van der Waals surface area (Å²) in [7, 11) is 1.67. The average Bonchev–Trinajstić information content (AvgIpc) is 2.66. The van der Waals surface area contributed by atoms with Crippen LogP contribution >= 0.6 is 0 Å². The van der Waals surface area contributed by atoms with Crippen molar-refractivity contribution in [1.82, 2.24) is 15.6 Å². The normalized spacial score (nSPS) is 13.8. The number of methoxy groups -OCH3 is 1. The highest BCUT2D eigenvalue weighted by molar-refractivity contribution is 5.79. The number of ether oxygens (including phenoxy) is 1. The summed E-state index contributed by atoms with van der Waals surface area (Å²) in [6, 6.07) is 9.60. The van der Waals surface area contributed by atoms with E-state index >= 15 is 0 Å². The lowest BCUT2D eigenvalue weighted by atomic mass is 9.96. The van der Waals surface area contributed by atoms with Gasteiger partial charge < -0.3 is 20.5 Å². The molecule has 0 aliphatic heterocycles. The SMILES string of the molecule is CCNC(=NCc1ncc(C)c(OC)c1C)NCC(C)(O)c1ccccc1. The Morgan fingerprint density at radius 2 is 1.93 bits per heavy atom. The molecule has 1 aromatic carbocycles. The van der Waals surface area contributed by atoms with Crippen LogP contribution in [-0.2, 0) is 12.1 Å². The van der Waals surface area contributed by atoms with Crippen LogP contribution in [0.3, 0.4) is 0 Å². The molecule has 0 radical (unpaired) electrons. The molecule has 6 heteroatoms. The number of nitrogens with zero attached hydrogens (tertiary/aromatic N) is 2. The van der Waals surface area contributed by atoms with Crippen molar-refractivity contribution in [2.45, 2.75) is 39.8 Å². The minimum absolute atomic E-state index is 0.340. The third-order valence-electron chi connectivity index (χ3n) is 4.48. The number of rotatable bonds is 7. The fourth-order valence-electron chi connectivity index (χ4n) is 2.88. The van der Waals surface area contributed by atoms with Gasteiger partial charge in [-0.05, 0) is 33.3 Å². The van der Waals surface area contributed by atoms with Gasteiger partial charge in [0.05, 0.1) is 25.9 Å². The van der Waals surface area contributed by atoms with Crippen molar-refractivity contribution < 1.29 is 9.84 Å². The van der Waals surface area contributed by atoms with Crippen molar-refractivity contribution >= 4 is 5.96 Å². The molecular formula is C21H30N4O2. The number of pyridine rings is 1. The second-order valence-corrected chi connectivity index (χ2v) is 6.73. The summed E-state index contributed by atoms with van der Waals surface area (Å²) in [5.74, 6) is 1.48. The number of hydrogen-bond donors (Lipinski definition) is 3. The Morgan fingerprint density at radius 3 is 2.56 bits per heavy atom. The van der Waals surface area contributed by atoms with Gasteiger partial charge in [-0.15, -0.1) is 0 Å². The van der Waals surface area contributed by atoms with E-state index in [2.05, 4.69) is 20.6 Å². The first-order valence-electron chi connectivity index (χ1n) is 9.18. The second kappa shape index (κ2) is 9.37. The number of hydrogen-bond acceptors (Lipinski definition) is 4. The molecule has 1 unspecified atom stereocenters. The molecule has 0 spiro atoms. The summed E-state index contributed by atoms with van der Waals surface area (Å²) in [4.78, 5) is 9.09. The Labute approximate surface area is 161 Å². The van der Waals surface area contributed by atoms with Crippen molar-refractivity contribution in [3.8, 4) is 5.75 Å². The number of guanidine groups is 1. The van der Waals surface area contributed by atoms with Gasteiger partial charge in [-0.25, -0.2) is 4.99 Å². The Kier molecular flexibility index (Phi) is 7.19. The van der Waals surface area contributed by atoms with Gasteiger partial charge >= 0.3 is 0 Å². The zero-order valence-corrected chi connectivity index (χ0v) is 16.8. The maximum atomic E-state index is 10.8. The lowest BCUT2D eigenvalue weighted by molar-refractivity contribution is 0.0617. The highest BCUT2D eigenvalue weighted by Crippen LogP contribution is 2.24. The van der Waals surface area contributed by atoms with Gasteiger partial charge in [0, 0.05) is 23.9 Å². The van der Waals surface area contributed by atoms with Crippen LogP contribution in [0.25, 0.3) is 0 Å². The Bertz CT molecular complexity index is 773. The summed E-state index contributed by atoms with van der Waals surface area (Å²) in [5.41, 5.74) is 2.72. The first kappa shape index (κ1) is 20.7. The molecule has 2 rings (SSSR count). The minimum atomic E-state index is -1.00. The molecule has 3 N–H and O–H groups in total. The predicted octanol–water partition coefficient (Wildman–Crippen LogP) is 2.67. The van der Waals surface area contributed by atoms with E-state index in [1.165, 1.54) is 0 Å². The van der Waals surface area contributed by atoms with E-state index in [1.807, 2.05) is 51.1 Å². The van der Waals surface area contributed by atoms with Gasteiger partial charge in [0.15, 0.2) is 5.96 Å². The van der Waals surface area contributed by atoms with Crippen LogP contribution in [0.1, 0.15) is 36.2 Å². The Hall–Kier alpha value is -2.60. The van der Waals surface area contributed by atoms with E-state index in [4.69, 9.17) is 4.74 Å². The average molecular weight is 370 g/mol. The monoisotopic (exact) mass is 370 g/mol. The third kappa shape index (κ3) is 5.44. The fourth-order valence-corrected chi connectivity index (χ4v) is 2.88. The van der Waals surface area contributed by atoms with Crippen LogP contribution in [0.4, 0.5) is 0 Å². The molecule has 1 heterocycles. The van der Waals surface area contributed by atoms with Gasteiger partial charge in [0.25, 0.3) is 0 Å². The van der Waals surface area contributed by atoms with Crippen LogP contribution < -0.4 is 15.4 Å². The molecule has 0 amide bonds. The van der Waals surface area contributed by atoms with E-state index in [9.17, 15) is 5.11 Å². The van der Waals surface area contributed by atoms with Gasteiger partial charge in [0.2, 0.25) is 0 Å². The number of aromatic nitrogens is 1. The zero-order valence-electron chi connectivity index (χ0n) is 16.8. The van der Waals surface area contributed by atoms with E-state index in [0.29, 0.717) is 19.0 Å². The molecular weight excluding hydrogens is 340 g/mol. The molecule has 1 atom stereocenters. The largest absolute Gasteiger partial charge is 0.496 e. The predicted molar refractivity (Wildman–Crippen MR) is 109 cm³/mol. The van der Waals surface area contributed by atoms with Gasteiger partial charge in [-0.3, -0.25) is 4.98 Å². The Morgan fingerprint density at radius 1 is 1.22 bits per heavy atom. The molecule has 0 aliphatic carbocycles. The van der Waals surface area contributed by atoms with Crippen molar-refractivity contribution in [3.63, 3.8) is 0 Å². The molecule has 0 saturated carbocycles. The molecule has 1 aromatic heterocycles. The maximum Gasteiger partial charge on any atom is 0.191 e. The molecule has 146 valence electrons. The first-order valence-corrected chi connectivity index (χ1v) is 9.18. The summed E-state index contributed by atoms with van der Waals surface area (Å²) in [6.45, 7) is 9.24. The first-order chi connectivity index (χ1) is 12.9. The van der Waals surface area contributed by atoms with Crippen LogP contribution in [0, 0.1) is 13.8 Å². The topological polar surface area (TPSA) is 78.8 Å². The van der Waals surface area contributed by atoms with Crippen LogP contribution in [-0.4, -0.2) is 36.2 Å². The quantitative estimate of drug-likeness (QED) is 0.516. The van der Waals surface area contributed by atoms with E-state index in [-0.39, 0.29) is 0 Å². The smallest absolute Gasteiger partial charge is 0.191 e. The highest BCUT2D eigenvalue weighted by atomic mass is 16.5. The van der Waals surface area contributed by atoms with Gasteiger partial charge in [-0.2, -0.15) is 0 Å². The molecule has 0 fully saturated rings. The highest BCUT2D eigenvalue weighted by Gasteiger charge is 2.23. The number of nitrogens with one attached hydrogen (secondary N) is 2.